The maximum Gasteiger partial charge on any atom is 0.142 e. The zero-order valence-electron chi connectivity index (χ0n) is 7.90. The first kappa shape index (κ1) is 8.97. The summed E-state index contributed by atoms with van der Waals surface area (Å²) >= 11 is 0. The molecule has 1 N–H and O–H groups in total. The van der Waals surface area contributed by atoms with Crippen molar-refractivity contribution in [1.82, 2.24) is 10.3 Å². The van der Waals surface area contributed by atoms with Crippen LogP contribution in [0.1, 0.15) is 5.69 Å². The molecule has 0 spiro atoms. The Morgan fingerprint density at radius 2 is 2.14 bits per heavy atom. The van der Waals surface area contributed by atoms with Gasteiger partial charge in [0.1, 0.15) is 17.6 Å². The third kappa shape index (κ3) is 1.83. The van der Waals surface area contributed by atoms with Gasteiger partial charge in [-0.05, 0) is 12.1 Å². The van der Waals surface area contributed by atoms with Crippen LogP contribution in [0.2, 0.25) is 0 Å². The maximum absolute atomic E-state index is 8.72. The molecule has 0 aliphatic carbocycles. The molecule has 2 heterocycles. The van der Waals surface area contributed by atoms with Crippen molar-refractivity contribution >= 4 is 5.82 Å². The fourth-order valence-electron chi connectivity index (χ4n) is 1.56. The number of hydrogen-bond donors (Lipinski definition) is 1. The van der Waals surface area contributed by atoms with E-state index in [0.717, 1.165) is 32.0 Å². The normalized spacial score (nSPS) is 16.4. The third-order valence-corrected chi connectivity index (χ3v) is 2.29. The second-order valence-corrected chi connectivity index (χ2v) is 3.23. The molecule has 0 radical (unpaired) electrons. The molecule has 72 valence electrons. The lowest BCUT2D eigenvalue weighted by atomic mass is 10.3. The molecule has 2 rings (SSSR count). The number of nitrogens with one attached hydrogen (secondary N) is 1. The SMILES string of the molecule is N#Cc1cccc(N2CCNCC2)n1. The van der Waals surface area contributed by atoms with Crippen molar-refractivity contribution in [2.45, 2.75) is 0 Å². The van der Waals surface area contributed by atoms with Crippen LogP contribution in [0.5, 0.6) is 0 Å². The number of hydrogen-bond acceptors (Lipinski definition) is 4. The minimum Gasteiger partial charge on any atom is -0.354 e. The zero-order chi connectivity index (χ0) is 9.80. The van der Waals surface area contributed by atoms with Gasteiger partial charge in [-0.2, -0.15) is 5.26 Å². The summed E-state index contributed by atoms with van der Waals surface area (Å²) in [6.45, 7) is 3.89. The molecule has 1 fully saturated rings. The van der Waals surface area contributed by atoms with Crippen molar-refractivity contribution in [2.75, 3.05) is 31.1 Å². The van der Waals surface area contributed by atoms with Gasteiger partial charge in [-0.15, -0.1) is 0 Å². The monoisotopic (exact) mass is 188 g/mol. The number of rotatable bonds is 1. The molecular formula is C10H12N4. The van der Waals surface area contributed by atoms with E-state index in [-0.39, 0.29) is 0 Å². The molecule has 1 aromatic rings. The second kappa shape index (κ2) is 4.07. The van der Waals surface area contributed by atoms with E-state index in [2.05, 4.69) is 21.3 Å². The summed E-state index contributed by atoms with van der Waals surface area (Å²) in [5.74, 6) is 0.908. The van der Waals surface area contributed by atoms with Crippen molar-refractivity contribution in [1.29, 1.82) is 5.26 Å². The molecule has 1 aromatic heterocycles. The van der Waals surface area contributed by atoms with E-state index in [9.17, 15) is 0 Å². The molecule has 0 bridgehead atoms. The lowest BCUT2D eigenvalue weighted by molar-refractivity contribution is 0.585. The number of nitrogens with zero attached hydrogens (tertiary/aromatic N) is 3. The van der Waals surface area contributed by atoms with Gasteiger partial charge >= 0.3 is 0 Å². The van der Waals surface area contributed by atoms with E-state index in [1.54, 1.807) is 6.07 Å². The first-order chi connectivity index (χ1) is 6.90. The molecule has 1 aliphatic heterocycles. The zero-order valence-corrected chi connectivity index (χ0v) is 7.90. The van der Waals surface area contributed by atoms with Crippen molar-refractivity contribution in [3.05, 3.63) is 23.9 Å². The Balaban J connectivity index is 2.18. The molecule has 4 nitrogen and oxygen atoms in total. The Bertz CT molecular complexity index is 349. The number of anilines is 1. The minimum atomic E-state index is 0.487. The molecule has 14 heavy (non-hydrogen) atoms. The van der Waals surface area contributed by atoms with Crippen LogP contribution in [0.4, 0.5) is 5.82 Å². The van der Waals surface area contributed by atoms with E-state index < -0.39 is 0 Å². The highest BCUT2D eigenvalue weighted by atomic mass is 15.2. The first-order valence-electron chi connectivity index (χ1n) is 4.73. The second-order valence-electron chi connectivity index (χ2n) is 3.23. The van der Waals surface area contributed by atoms with Crippen molar-refractivity contribution in [3.63, 3.8) is 0 Å². The molecule has 1 aliphatic rings. The molecule has 0 unspecified atom stereocenters. The average molecular weight is 188 g/mol. The van der Waals surface area contributed by atoms with Gasteiger partial charge in [0.05, 0.1) is 0 Å². The topological polar surface area (TPSA) is 52.0 Å². The van der Waals surface area contributed by atoms with E-state index >= 15 is 0 Å². The predicted octanol–water partition coefficient (Wildman–Crippen LogP) is 0.363. The summed E-state index contributed by atoms with van der Waals surface area (Å²) in [7, 11) is 0. The summed E-state index contributed by atoms with van der Waals surface area (Å²) in [5.41, 5.74) is 0.487. The van der Waals surface area contributed by atoms with Crippen LogP contribution in [0.25, 0.3) is 0 Å². The number of piperazine rings is 1. The highest BCUT2D eigenvalue weighted by Crippen LogP contribution is 2.11. The van der Waals surface area contributed by atoms with Crippen molar-refractivity contribution < 1.29 is 0 Å². The third-order valence-electron chi connectivity index (χ3n) is 2.29. The van der Waals surface area contributed by atoms with Gasteiger partial charge in [-0.1, -0.05) is 6.07 Å². The first-order valence-corrected chi connectivity index (χ1v) is 4.73. The highest BCUT2D eigenvalue weighted by molar-refractivity contribution is 5.41. The molecule has 0 aromatic carbocycles. The minimum absolute atomic E-state index is 0.487. The molecule has 4 heteroatoms. The van der Waals surface area contributed by atoms with Gasteiger partial charge in [0.15, 0.2) is 0 Å². The van der Waals surface area contributed by atoms with Crippen LogP contribution < -0.4 is 10.2 Å². The summed E-state index contributed by atoms with van der Waals surface area (Å²) in [6.07, 6.45) is 0. The molecular weight excluding hydrogens is 176 g/mol. The fraction of sp³-hybridized carbons (Fsp3) is 0.400. The summed E-state index contributed by atoms with van der Waals surface area (Å²) in [4.78, 5) is 6.44. The smallest absolute Gasteiger partial charge is 0.142 e. The van der Waals surface area contributed by atoms with Gasteiger partial charge in [0, 0.05) is 26.2 Å². The Labute approximate surface area is 83.2 Å². The van der Waals surface area contributed by atoms with Crippen LogP contribution in [0, 0.1) is 11.3 Å². The van der Waals surface area contributed by atoms with E-state index in [1.165, 1.54) is 0 Å². The summed E-state index contributed by atoms with van der Waals surface area (Å²) in [5, 5.41) is 12.0. The van der Waals surface area contributed by atoms with Crippen molar-refractivity contribution in [3.8, 4) is 6.07 Å². The quantitative estimate of drug-likeness (QED) is 0.691. The largest absolute Gasteiger partial charge is 0.354 e. The maximum atomic E-state index is 8.72. The lowest BCUT2D eigenvalue weighted by Crippen LogP contribution is -2.43. The van der Waals surface area contributed by atoms with Crippen LogP contribution in [0.15, 0.2) is 18.2 Å². The molecule has 0 atom stereocenters. The number of nitriles is 1. The van der Waals surface area contributed by atoms with Crippen LogP contribution in [-0.4, -0.2) is 31.2 Å². The Morgan fingerprint density at radius 1 is 1.36 bits per heavy atom. The Hall–Kier alpha value is -1.60. The number of pyridine rings is 1. The van der Waals surface area contributed by atoms with E-state index in [1.807, 2.05) is 12.1 Å². The summed E-state index contributed by atoms with van der Waals surface area (Å²) < 4.78 is 0. The lowest BCUT2D eigenvalue weighted by Gasteiger charge is -2.28. The Kier molecular flexibility index (Phi) is 2.61. The molecule has 1 saturated heterocycles. The van der Waals surface area contributed by atoms with Gasteiger partial charge in [0.2, 0.25) is 0 Å². The van der Waals surface area contributed by atoms with Gasteiger partial charge in [-0.25, -0.2) is 4.98 Å². The standard InChI is InChI=1S/C10H12N4/c11-8-9-2-1-3-10(13-9)14-6-4-12-5-7-14/h1-3,12H,4-7H2. The Morgan fingerprint density at radius 3 is 2.86 bits per heavy atom. The van der Waals surface area contributed by atoms with Crippen LogP contribution >= 0.6 is 0 Å². The van der Waals surface area contributed by atoms with Crippen LogP contribution in [0.3, 0.4) is 0 Å². The predicted molar refractivity (Wildman–Crippen MR) is 54.0 cm³/mol. The van der Waals surface area contributed by atoms with Crippen molar-refractivity contribution in [2.24, 2.45) is 0 Å². The molecule has 0 saturated carbocycles. The van der Waals surface area contributed by atoms with E-state index in [0.29, 0.717) is 5.69 Å². The van der Waals surface area contributed by atoms with Gasteiger partial charge < -0.3 is 10.2 Å². The van der Waals surface area contributed by atoms with Crippen LogP contribution in [-0.2, 0) is 0 Å². The highest BCUT2D eigenvalue weighted by Gasteiger charge is 2.11. The average Bonchev–Trinajstić information content (AvgIpc) is 2.30. The molecule has 0 amide bonds. The fourth-order valence-corrected chi connectivity index (χ4v) is 1.56. The van der Waals surface area contributed by atoms with Gasteiger partial charge in [-0.3, -0.25) is 0 Å². The number of aromatic nitrogens is 1. The van der Waals surface area contributed by atoms with E-state index in [4.69, 9.17) is 5.26 Å². The summed E-state index contributed by atoms with van der Waals surface area (Å²) in [6, 6.07) is 7.61. The van der Waals surface area contributed by atoms with Gasteiger partial charge in [0.25, 0.3) is 0 Å².